The number of nitrogens with zero attached hydrogens (tertiary/aromatic N) is 6. The monoisotopic (exact) mass is 442 g/mol. The summed E-state index contributed by atoms with van der Waals surface area (Å²) in [6.07, 6.45) is 8.04. The van der Waals surface area contributed by atoms with E-state index in [1.807, 2.05) is 47.4 Å². The van der Waals surface area contributed by atoms with Crippen LogP contribution in [0.3, 0.4) is 0 Å². The lowest BCUT2D eigenvalue weighted by Gasteiger charge is -2.23. The van der Waals surface area contributed by atoms with E-state index >= 15 is 0 Å². The normalized spacial score (nSPS) is 16.5. The lowest BCUT2D eigenvalue weighted by Crippen LogP contribution is -2.18. The molecule has 3 aromatic heterocycles. The number of benzene rings is 2. The Morgan fingerprint density at radius 3 is 2.94 bits per heavy atom. The second-order valence-electron chi connectivity index (χ2n) is 8.31. The Morgan fingerprint density at radius 1 is 1.15 bits per heavy atom. The first-order valence-corrected chi connectivity index (χ1v) is 11.0. The molecule has 1 atom stereocenters. The van der Waals surface area contributed by atoms with E-state index in [2.05, 4.69) is 21.5 Å². The zero-order valence-corrected chi connectivity index (χ0v) is 17.8. The smallest absolute Gasteiger partial charge is 0.415 e. The fourth-order valence-corrected chi connectivity index (χ4v) is 4.56. The molecule has 4 heterocycles. The number of carboxylic acid groups (broad SMARTS) is 1. The molecule has 9 heteroatoms. The summed E-state index contributed by atoms with van der Waals surface area (Å²) in [7, 11) is 0. The van der Waals surface area contributed by atoms with E-state index < -0.39 is 6.09 Å². The van der Waals surface area contributed by atoms with Gasteiger partial charge in [-0.15, -0.1) is 5.10 Å². The lowest BCUT2D eigenvalue weighted by atomic mass is 10.1. The molecule has 0 radical (unpaired) electrons. The number of ether oxygens (including phenoxy) is 1. The quantitative estimate of drug-likeness (QED) is 0.443. The predicted molar refractivity (Wildman–Crippen MR) is 122 cm³/mol. The fourth-order valence-electron chi connectivity index (χ4n) is 4.56. The van der Waals surface area contributed by atoms with Gasteiger partial charge >= 0.3 is 6.09 Å². The first kappa shape index (κ1) is 19.7. The first-order valence-electron chi connectivity index (χ1n) is 11.0. The average Bonchev–Trinajstić information content (AvgIpc) is 3.57. The third-order valence-corrected chi connectivity index (χ3v) is 6.18. The van der Waals surface area contributed by atoms with Gasteiger partial charge in [0.25, 0.3) is 0 Å². The van der Waals surface area contributed by atoms with Gasteiger partial charge in [-0.25, -0.2) is 14.2 Å². The predicted octanol–water partition coefficient (Wildman–Crippen LogP) is 4.39. The summed E-state index contributed by atoms with van der Waals surface area (Å²) in [6.45, 7) is 0.765. The van der Waals surface area contributed by atoms with Gasteiger partial charge < -0.3 is 9.84 Å². The molecule has 33 heavy (non-hydrogen) atoms. The molecule has 166 valence electrons. The number of hydrogen-bond donors (Lipinski definition) is 1. The van der Waals surface area contributed by atoms with E-state index in [1.54, 1.807) is 16.9 Å². The Labute approximate surface area is 188 Å². The molecule has 1 unspecified atom stereocenters. The molecule has 1 saturated heterocycles. The molecule has 1 aliphatic heterocycles. The van der Waals surface area contributed by atoms with E-state index in [1.165, 1.54) is 4.57 Å². The highest BCUT2D eigenvalue weighted by Crippen LogP contribution is 2.29. The molecule has 6 rings (SSSR count). The van der Waals surface area contributed by atoms with Crippen molar-refractivity contribution in [2.75, 3.05) is 6.61 Å². The van der Waals surface area contributed by atoms with Crippen LogP contribution in [0.4, 0.5) is 4.79 Å². The van der Waals surface area contributed by atoms with E-state index in [4.69, 9.17) is 4.74 Å². The van der Waals surface area contributed by atoms with Crippen LogP contribution in [-0.4, -0.2) is 47.1 Å². The molecule has 0 amide bonds. The van der Waals surface area contributed by atoms with Gasteiger partial charge in [0.15, 0.2) is 6.23 Å². The van der Waals surface area contributed by atoms with Gasteiger partial charge in [-0.2, -0.15) is 5.10 Å². The van der Waals surface area contributed by atoms with Crippen LogP contribution in [0.2, 0.25) is 0 Å². The summed E-state index contributed by atoms with van der Waals surface area (Å²) in [4.78, 5) is 11.4. The van der Waals surface area contributed by atoms with Crippen LogP contribution < -0.4 is 0 Å². The zero-order chi connectivity index (χ0) is 22.4. The van der Waals surface area contributed by atoms with Crippen molar-refractivity contribution in [3.05, 3.63) is 72.3 Å². The Kier molecular flexibility index (Phi) is 4.69. The molecule has 2 aromatic carbocycles. The molecule has 1 N–H and O–H groups in total. The van der Waals surface area contributed by atoms with Gasteiger partial charge in [0, 0.05) is 30.0 Å². The van der Waals surface area contributed by atoms with Crippen molar-refractivity contribution >= 4 is 27.9 Å². The molecule has 1 fully saturated rings. The van der Waals surface area contributed by atoms with E-state index in [0.29, 0.717) is 11.9 Å². The van der Waals surface area contributed by atoms with Gasteiger partial charge in [0.2, 0.25) is 0 Å². The SMILES string of the molecule is O=C(O)n1ccc2ccc(Cc3cn(-c4cccc5c4cnn5C4CCCCO4)nn3)cc21. The van der Waals surface area contributed by atoms with Crippen molar-refractivity contribution in [2.45, 2.75) is 31.9 Å². The van der Waals surface area contributed by atoms with Gasteiger partial charge in [-0.3, -0.25) is 4.57 Å². The summed E-state index contributed by atoms with van der Waals surface area (Å²) >= 11 is 0. The summed E-state index contributed by atoms with van der Waals surface area (Å²) < 4.78 is 10.9. The lowest BCUT2D eigenvalue weighted by molar-refractivity contribution is -0.0366. The van der Waals surface area contributed by atoms with Crippen molar-refractivity contribution in [3.63, 3.8) is 0 Å². The zero-order valence-electron chi connectivity index (χ0n) is 17.8. The third-order valence-electron chi connectivity index (χ3n) is 6.18. The second-order valence-corrected chi connectivity index (χ2v) is 8.31. The van der Waals surface area contributed by atoms with Crippen molar-refractivity contribution in [2.24, 2.45) is 0 Å². The standard InChI is InChI=1S/C24H22N6O3/c31-24(32)28-10-9-17-8-7-16(13-22(17)28)12-18-15-29(27-26-18)20-4-3-5-21-19(20)14-25-30(21)23-6-1-2-11-33-23/h3-5,7-10,13-15,23H,1-2,6,11-12H2,(H,31,32). The van der Waals surface area contributed by atoms with Crippen molar-refractivity contribution in [1.82, 2.24) is 29.3 Å². The van der Waals surface area contributed by atoms with Gasteiger partial charge in [-0.1, -0.05) is 23.4 Å². The maximum atomic E-state index is 11.4. The minimum atomic E-state index is -1.000. The van der Waals surface area contributed by atoms with Crippen LogP contribution in [0.5, 0.6) is 0 Å². The number of rotatable bonds is 4. The average molecular weight is 442 g/mol. The third kappa shape index (κ3) is 3.46. The van der Waals surface area contributed by atoms with Gasteiger partial charge in [0.05, 0.1) is 34.8 Å². The van der Waals surface area contributed by atoms with E-state index in [9.17, 15) is 9.90 Å². The molecule has 0 saturated carbocycles. The van der Waals surface area contributed by atoms with Crippen LogP contribution in [-0.2, 0) is 11.2 Å². The van der Waals surface area contributed by atoms with Crippen LogP contribution in [0, 0.1) is 0 Å². The topological polar surface area (TPSA) is 100.0 Å². The van der Waals surface area contributed by atoms with E-state index in [-0.39, 0.29) is 6.23 Å². The molecule has 0 bridgehead atoms. The Morgan fingerprint density at radius 2 is 2.09 bits per heavy atom. The number of hydrogen-bond acceptors (Lipinski definition) is 5. The largest absolute Gasteiger partial charge is 0.464 e. The minimum absolute atomic E-state index is 0.0301. The second kappa shape index (κ2) is 7.86. The highest BCUT2D eigenvalue weighted by Gasteiger charge is 2.20. The van der Waals surface area contributed by atoms with Crippen LogP contribution in [0.15, 0.2) is 61.1 Å². The van der Waals surface area contributed by atoms with Crippen LogP contribution >= 0.6 is 0 Å². The fraction of sp³-hybridized carbons (Fsp3) is 0.250. The maximum absolute atomic E-state index is 11.4. The molecule has 0 spiro atoms. The van der Waals surface area contributed by atoms with Gasteiger partial charge in [0.1, 0.15) is 0 Å². The van der Waals surface area contributed by atoms with Crippen LogP contribution in [0.25, 0.3) is 27.5 Å². The van der Waals surface area contributed by atoms with Crippen molar-refractivity contribution < 1.29 is 14.6 Å². The van der Waals surface area contributed by atoms with E-state index in [0.717, 1.165) is 59.1 Å². The molecular formula is C24H22N6O3. The minimum Gasteiger partial charge on any atom is -0.464 e. The number of fused-ring (bicyclic) bond motifs is 2. The highest BCUT2D eigenvalue weighted by molar-refractivity contribution is 5.89. The summed E-state index contributed by atoms with van der Waals surface area (Å²) in [5.41, 5.74) is 4.34. The molecule has 5 aromatic rings. The van der Waals surface area contributed by atoms with Crippen molar-refractivity contribution in [1.29, 1.82) is 0 Å². The van der Waals surface area contributed by atoms with Crippen molar-refractivity contribution in [3.8, 4) is 5.69 Å². The summed E-state index contributed by atoms with van der Waals surface area (Å²) in [5, 5.41) is 24.6. The van der Waals surface area contributed by atoms with Crippen LogP contribution in [0.1, 0.15) is 36.7 Å². The summed E-state index contributed by atoms with van der Waals surface area (Å²) in [6, 6.07) is 13.6. The molecule has 9 nitrogen and oxygen atoms in total. The Hall–Kier alpha value is -3.98. The highest BCUT2D eigenvalue weighted by atomic mass is 16.5. The Balaban J connectivity index is 1.30. The number of carbonyl (C=O) groups is 1. The maximum Gasteiger partial charge on any atom is 0.415 e. The molecular weight excluding hydrogens is 420 g/mol. The molecule has 0 aliphatic carbocycles. The Bertz CT molecular complexity index is 1470. The molecule has 1 aliphatic rings. The first-order chi connectivity index (χ1) is 16.2. The summed E-state index contributed by atoms with van der Waals surface area (Å²) in [5.74, 6) is 0. The van der Waals surface area contributed by atoms with Gasteiger partial charge in [-0.05, 0) is 49.1 Å². The number of aromatic nitrogens is 6.